The molecule has 3 saturated heterocycles. The molecule has 0 aliphatic carbocycles. The van der Waals surface area contributed by atoms with E-state index in [2.05, 4.69) is 23.6 Å². The Morgan fingerprint density at radius 1 is 1.18 bits per heavy atom. The number of ether oxygens (including phenoxy) is 1. The molecule has 98 valence electrons. The lowest BCUT2D eigenvalue weighted by Crippen LogP contribution is -2.53. The Labute approximate surface area is 105 Å². The second kappa shape index (κ2) is 4.52. The zero-order chi connectivity index (χ0) is 11.9. The third kappa shape index (κ3) is 2.02. The first-order valence-corrected chi connectivity index (χ1v) is 7.31. The van der Waals surface area contributed by atoms with Crippen molar-refractivity contribution in [1.29, 1.82) is 0 Å². The van der Waals surface area contributed by atoms with E-state index in [4.69, 9.17) is 4.74 Å². The molecule has 0 saturated carbocycles. The van der Waals surface area contributed by atoms with Crippen molar-refractivity contribution in [3.8, 4) is 0 Å². The minimum atomic E-state index is 0.290. The largest absolute Gasteiger partial charge is 0.377 e. The second-order valence-corrected chi connectivity index (χ2v) is 6.25. The van der Waals surface area contributed by atoms with Gasteiger partial charge in [-0.05, 0) is 52.6 Å². The van der Waals surface area contributed by atoms with Crippen LogP contribution in [-0.2, 0) is 4.74 Å². The molecule has 3 nitrogen and oxygen atoms in total. The zero-order valence-corrected chi connectivity index (χ0v) is 11.3. The second-order valence-electron chi connectivity index (χ2n) is 6.25. The fourth-order valence-electron chi connectivity index (χ4n) is 3.91. The van der Waals surface area contributed by atoms with Crippen molar-refractivity contribution in [3.05, 3.63) is 0 Å². The van der Waals surface area contributed by atoms with Crippen LogP contribution < -0.4 is 0 Å². The van der Waals surface area contributed by atoms with E-state index >= 15 is 0 Å². The molecule has 0 spiro atoms. The Kier molecular flexibility index (Phi) is 3.18. The number of hydrogen-bond donors (Lipinski definition) is 0. The van der Waals surface area contributed by atoms with Crippen molar-refractivity contribution < 1.29 is 4.74 Å². The molecule has 17 heavy (non-hydrogen) atoms. The lowest BCUT2D eigenvalue weighted by molar-refractivity contribution is 0.0170. The molecular formula is C14H26N2O. The number of fused-ring (bicyclic) bond motifs is 1. The summed E-state index contributed by atoms with van der Waals surface area (Å²) in [6.07, 6.45) is 5.75. The Morgan fingerprint density at radius 2 is 2.00 bits per heavy atom. The molecule has 3 atom stereocenters. The summed E-state index contributed by atoms with van der Waals surface area (Å²) in [5, 5.41) is 0. The Hall–Kier alpha value is -0.120. The first kappa shape index (κ1) is 11.9. The minimum absolute atomic E-state index is 0.290. The molecule has 3 heterocycles. The van der Waals surface area contributed by atoms with E-state index in [1.54, 1.807) is 0 Å². The van der Waals surface area contributed by atoms with Crippen LogP contribution in [0.15, 0.2) is 0 Å². The SMILES string of the molecule is CC1OCCC1(C)N1CCCN2CCCC2C1. The quantitative estimate of drug-likeness (QED) is 0.692. The molecule has 3 rings (SSSR count). The van der Waals surface area contributed by atoms with Crippen LogP contribution in [0, 0.1) is 0 Å². The summed E-state index contributed by atoms with van der Waals surface area (Å²) in [5.74, 6) is 0. The monoisotopic (exact) mass is 238 g/mol. The van der Waals surface area contributed by atoms with Gasteiger partial charge in [0.1, 0.15) is 0 Å². The van der Waals surface area contributed by atoms with E-state index in [0.29, 0.717) is 11.6 Å². The topological polar surface area (TPSA) is 15.7 Å². The van der Waals surface area contributed by atoms with Gasteiger partial charge in [0.25, 0.3) is 0 Å². The van der Waals surface area contributed by atoms with E-state index in [1.165, 1.54) is 51.9 Å². The summed E-state index contributed by atoms with van der Waals surface area (Å²) < 4.78 is 5.82. The third-order valence-electron chi connectivity index (χ3n) is 5.38. The van der Waals surface area contributed by atoms with Gasteiger partial charge in [-0.1, -0.05) is 0 Å². The fourth-order valence-corrected chi connectivity index (χ4v) is 3.91. The van der Waals surface area contributed by atoms with Crippen LogP contribution in [0.3, 0.4) is 0 Å². The van der Waals surface area contributed by atoms with Crippen LogP contribution in [0.4, 0.5) is 0 Å². The highest BCUT2D eigenvalue weighted by Crippen LogP contribution is 2.34. The molecule has 0 aromatic carbocycles. The third-order valence-corrected chi connectivity index (χ3v) is 5.38. The number of rotatable bonds is 1. The Bertz CT molecular complexity index is 283. The first-order valence-electron chi connectivity index (χ1n) is 7.31. The zero-order valence-electron chi connectivity index (χ0n) is 11.3. The van der Waals surface area contributed by atoms with E-state index in [9.17, 15) is 0 Å². The van der Waals surface area contributed by atoms with Crippen LogP contribution in [0.1, 0.15) is 39.5 Å². The Morgan fingerprint density at radius 3 is 2.76 bits per heavy atom. The maximum atomic E-state index is 5.82. The van der Waals surface area contributed by atoms with Gasteiger partial charge < -0.3 is 4.74 Å². The molecule has 0 aromatic heterocycles. The van der Waals surface area contributed by atoms with E-state index in [-0.39, 0.29) is 0 Å². The molecule has 3 heteroatoms. The van der Waals surface area contributed by atoms with Crippen molar-refractivity contribution in [2.45, 2.75) is 57.2 Å². The van der Waals surface area contributed by atoms with Gasteiger partial charge in [0.2, 0.25) is 0 Å². The highest BCUT2D eigenvalue weighted by atomic mass is 16.5. The average Bonchev–Trinajstić information content (AvgIpc) is 2.82. The van der Waals surface area contributed by atoms with E-state index in [0.717, 1.165) is 12.6 Å². The van der Waals surface area contributed by atoms with Crippen LogP contribution in [-0.4, -0.2) is 60.3 Å². The van der Waals surface area contributed by atoms with Crippen molar-refractivity contribution in [1.82, 2.24) is 9.80 Å². The number of hydrogen-bond acceptors (Lipinski definition) is 3. The van der Waals surface area contributed by atoms with E-state index < -0.39 is 0 Å². The summed E-state index contributed by atoms with van der Waals surface area (Å²) in [5.41, 5.74) is 0.290. The minimum Gasteiger partial charge on any atom is -0.377 e. The maximum absolute atomic E-state index is 5.82. The summed E-state index contributed by atoms with van der Waals surface area (Å²) in [6.45, 7) is 10.8. The van der Waals surface area contributed by atoms with Gasteiger partial charge >= 0.3 is 0 Å². The van der Waals surface area contributed by atoms with Gasteiger partial charge in [-0.15, -0.1) is 0 Å². The van der Waals surface area contributed by atoms with Gasteiger partial charge in [-0.3, -0.25) is 9.80 Å². The maximum Gasteiger partial charge on any atom is 0.0728 e. The standard InChI is InChI=1S/C14H26N2O/c1-12-14(2,6-10-17-12)16-9-4-8-15-7-3-5-13(15)11-16/h12-13H,3-11H2,1-2H3. The molecule has 0 aromatic rings. The summed E-state index contributed by atoms with van der Waals surface area (Å²) in [7, 11) is 0. The van der Waals surface area contributed by atoms with Crippen LogP contribution >= 0.6 is 0 Å². The molecular weight excluding hydrogens is 212 g/mol. The molecule has 0 radical (unpaired) electrons. The average molecular weight is 238 g/mol. The molecule has 0 N–H and O–H groups in total. The Balaban J connectivity index is 1.74. The fraction of sp³-hybridized carbons (Fsp3) is 1.00. The molecule has 0 bridgehead atoms. The van der Waals surface area contributed by atoms with Crippen molar-refractivity contribution in [3.63, 3.8) is 0 Å². The highest BCUT2D eigenvalue weighted by molar-refractivity contribution is 4.99. The van der Waals surface area contributed by atoms with Gasteiger partial charge in [0, 0.05) is 31.3 Å². The lowest BCUT2D eigenvalue weighted by Gasteiger charge is -2.41. The molecule has 3 unspecified atom stereocenters. The highest BCUT2D eigenvalue weighted by Gasteiger charge is 2.44. The van der Waals surface area contributed by atoms with Crippen LogP contribution in [0.2, 0.25) is 0 Å². The number of nitrogens with zero attached hydrogens (tertiary/aromatic N) is 2. The van der Waals surface area contributed by atoms with E-state index in [1.807, 2.05) is 0 Å². The predicted molar refractivity (Wildman–Crippen MR) is 69.2 cm³/mol. The molecule has 3 aliphatic heterocycles. The van der Waals surface area contributed by atoms with Crippen LogP contribution in [0.5, 0.6) is 0 Å². The first-order chi connectivity index (χ1) is 8.20. The van der Waals surface area contributed by atoms with Crippen LogP contribution in [0.25, 0.3) is 0 Å². The van der Waals surface area contributed by atoms with Gasteiger partial charge in [-0.25, -0.2) is 0 Å². The molecule has 3 aliphatic rings. The smallest absolute Gasteiger partial charge is 0.0728 e. The summed E-state index contributed by atoms with van der Waals surface area (Å²) in [6, 6.07) is 0.821. The normalized spacial score (nSPS) is 44.8. The van der Waals surface area contributed by atoms with Crippen molar-refractivity contribution in [2.24, 2.45) is 0 Å². The van der Waals surface area contributed by atoms with Gasteiger partial charge in [0.15, 0.2) is 0 Å². The molecule has 3 fully saturated rings. The lowest BCUT2D eigenvalue weighted by atomic mass is 9.91. The van der Waals surface area contributed by atoms with Crippen molar-refractivity contribution >= 4 is 0 Å². The molecule has 0 amide bonds. The summed E-state index contributed by atoms with van der Waals surface area (Å²) in [4.78, 5) is 5.45. The van der Waals surface area contributed by atoms with Crippen molar-refractivity contribution in [2.75, 3.05) is 32.8 Å². The van der Waals surface area contributed by atoms with Gasteiger partial charge in [0.05, 0.1) is 6.10 Å². The summed E-state index contributed by atoms with van der Waals surface area (Å²) >= 11 is 0. The predicted octanol–water partition coefficient (Wildman–Crippen LogP) is 1.72. The van der Waals surface area contributed by atoms with Gasteiger partial charge in [-0.2, -0.15) is 0 Å².